The highest BCUT2D eigenvalue weighted by Gasteiger charge is 2.07. The maximum Gasteiger partial charge on any atom is 0.159 e. The summed E-state index contributed by atoms with van der Waals surface area (Å²) in [6.45, 7) is 1.60. The van der Waals surface area contributed by atoms with Gasteiger partial charge in [-0.1, -0.05) is 42.5 Å². The second kappa shape index (κ2) is 5.37. The Bertz CT molecular complexity index is 805. The van der Waals surface area contributed by atoms with Gasteiger partial charge in [-0.2, -0.15) is 0 Å². The molecule has 0 saturated heterocycles. The largest absolute Gasteiger partial charge is 0.295 e. The van der Waals surface area contributed by atoms with Crippen LogP contribution in [0.5, 0.6) is 0 Å². The molecule has 3 rings (SSSR count). The molecule has 3 aromatic rings. The lowest BCUT2D eigenvalue weighted by Gasteiger charge is -2.08. The number of ketones is 1. The summed E-state index contributed by atoms with van der Waals surface area (Å²) in [7, 11) is 0. The topological polar surface area (TPSA) is 17.1 Å². The molecule has 0 bridgehead atoms. The first-order valence-electron chi connectivity index (χ1n) is 6.45. The summed E-state index contributed by atoms with van der Waals surface area (Å²) < 4.78 is 1.16. The molecule has 0 N–H and O–H groups in total. The van der Waals surface area contributed by atoms with Gasteiger partial charge in [0.2, 0.25) is 0 Å². The lowest BCUT2D eigenvalue weighted by atomic mass is 9.99. The van der Waals surface area contributed by atoms with Crippen molar-refractivity contribution in [1.29, 1.82) is 0 Å². The highest BCUT2D eigenvalue weighted by atomic mass is 127. The molecule has 0 aliphatic heterocycles. The summed E-state index contributed by atoms with van der Waals surface area (Å²) in [4.78, 5) is 11.6. The van der Waals surface area contributed by atoms with E-state index in [2.05, 4.69) is 52.9 Å². The standard InChI is InChI=1S/C18H13IO/c1-12(20)14-8-9-18(19)17(11-14)16-7-6-13-4-2-3-5-15(13)10-16/h2-11H,1H3. The van der Waals surface area contributed by atoms with Gasteiger partial charge in [0.05, 0.1) is 0 Å². The zero-order valence-electron chi connectivity index (χ0n) is 11.1. The first kappa shape index (κ1) is 13.3. The molecule has 0 amide bonds. The van der Waals surface area contributed by atoms with E-state index in [-0.39, 0.29) is 5.78 Å². The molecule has 3 aromatic carbocycles. The zero-order chi connectivity index (χ0) is 14.1. The Kier molecular flexibility index (Phi) is 3.57. The van der Waals surface area contributed by atoms with E-state index in [1.807, 2.05) is 30.3 Å². The Hall–Kier alpha value is -1.68. The molecule has 98 valence electrons. The van der Waals surface area contributed by atoms with Crippen molar-refractivity contribution in [3.8, 4) is 11.1 Å². The van der Waals surface area contributed by atoms with Crippen LogP contribution in [0.15, 0.2) is 60.7 Å². The molecule has 1 nitrogen and oxygen atoms in total. The number of halogens is 1. The Morgan fingerprint density at radius 3 is 2.40 bits per heavy atom. The van der Waals surface area contributed by atoms with E-state index in [1.165, 1.54) is 10.8 Å². The number of benzene rings is 3. The maximum atomic E-state index is 11.6. The molecule has 0 fully saturated rings. The minimum Gasteiger partial charge on any atom is -0.295 e. The number of carbonyl (C=O) groups is 1. The van der Waals surface area contributed by atoms with E-state index in [0.29, 0.717) is 0 Å². The molecule has 0 saturated carbocycles. The summed E-state index contributed by atoms with van der Waals surface area (Å²) in [5.41, 5.74) is 3.02. The quantitative estimate of drug-likeness (QED) is 0.440. The average molecular weight is 372 g/mol. The van der Waals surface area contributed by atoms with Gasteiger partial charge in [0.25, 0.3) is 0 Å². The summed E-state index contributed by atoms with van der Waals surface area (Å²) >= 11 is 2.32. The summed E-state index contributed by atoms with van der Waals surface area (Å²) in [6.07, 6.45) is 0. The smallest absolute Gasteiger partial charge is 0.159 e. The predicted octanol–water partition coefficient (Wildman–Crippen LogP) is 5.31. The Morgan fingerprint density at radius 1 is 0.900 bits per heavy atom. The average Bonchev–Trinajstić information content (AvgIpc) is 2.47. The third-order valence-corrected chi connectivity index (χ3v) is 4.37. The van der Waals surface area contributed by atoms with Gasteiger partial charge in [-0.25, -0.2) is 0 Å². The van der Waals surface area contributed by atoms with Crippen LogP contribution in [0.2, 0.25) is 0 Å². The van der Waals surface area contributed by atoms with E-state index in [4.69, 9.17) is 0 Å². The van der Waals surface area contributed by atoms with E-state index < -0.39 is 0 Å². The first-order chi connectivity index (χ1) is 9.65. The van der Waals surface area contributed by atoms with Crippen molar-refractivity contribution in [3.63, 3.8) is 0 Å². The van der Waals surface area contributed by atoms with Crippen LogP contribution in [0.4, 0.5) is 0 Å². The fraction of sp³-hybridized carbons (Fsp3) is 0.0556. The predicted molar refractivity (Wildman–Crippen MR) is 92.1 cm³/mol. The van der Waals surface area contributed by atoms with Crippen LogP contribution in [0, 0.1) is 3.57 Å². The molecule has 0 aliphatic rings. The number of fused-ring (bicyclic) bond motifs is 1. The fourth-order valence-electron chi connectivity index (χ4n) is 2.32. The Labute approximate surface area is 131 Å². The molecule has 0 spiro atoms. The van der Waals surface area contributed by atoms with Crippen molar-refractivity contribution in [2.75, 3.05) is 0 Å². The molecular weight excluding hydrogens is 359 g/mol. The third-order valence-electron chi connectivity index (χ3n) is 3.43. The molecule has 0 heterocycles. The van der Waals surface area contributed by atoms with Crippen molar-refractivity contribution >= 4 is 39.1 Å². The molecule has 0 aliphatic carbocycles. The second-order valence-corrected chi connectivity index (χ2v) is 5.97. The maximum absolute atomic E-state index is 11.6. The van der Waals surface area contributed by atoms with Crippen LogP contribution in [0.25, 0.3) is 21.9 Å². The van der Waals surface area contributed by atoms with Gasteiger partial charge in [-0.15, -0.1) is 0 Å². The minimum absolute atomic E-state index is 0.100. The number of carbonyl (C=O) groups excluding carboxylic acids is 1. The number of hydrogen-bond acceptors (Lipinski definition) is 1. The van der Waals surface area contributed by atoms with Gasteiger partial charge in [0.1, 0.15) is 0 Å². The normalized spacial score (nSPS) is 10.7. The van der Waals surface area contributed by atoms with Crippen LogP contribution < -0.4 is 0 Å². The van der Waals surface area contributed by atoms with Crippen molar-refractivity contribution < 1.29 is 4.79 Å². The number of hydrogen-bond donors (Lipinski definition) is 0. The molecule has 2 heteroatoms. The van der Waals surface area contributed by atoms with Crippen LogP contribution in [-0.4, -0.2) is 5.78 Å². The highest BCUT2D eigenvalue weighted by Crippen LogP contribution is 2.29. The summed E-state index contributed by atoms with van der Waals surface area (Å²) in [6, 6.07) is 20.6. The summed E-state index contributed by atoms with van der Waals surface area (Å²) in [5.74, 6) is 0.100. The van der Waals surface area contributed by atoms with Crippen molar-refractivity contribution in [3.05, 3.63) is 69.8 Å². The summed E-state index contributed by atoms with van der Waals surface area (Å²) in [5, 5.41) is 2.45. The van der Waals surface area contributed by atoms with E-state index in [0.717, 1.165) is 20.3 Å². The van der Waals surface area contributed by atoms with Gasteiger partial charge < -0.3 is 0 Å². The lowest BCUT2D eigenvalue weighted by molar-refractivity contribution is 0.101. The molecule has 0 aromatic heterocycles. The fourth-order valence-corrected chi connectivity index (χ4v) is 2.97. The van der Waals surface area contributed by atoms with Crippen molar-refractivity contribution in [1.82, 2.24) is 0 Å². The third kappa shape index (κ3) is 2.48. The van der Waals surface area contributed by atoms with Gasteiger partial charge in [-0.05, 0) is 69.6 Å². The molecule has 20 heavy (non-hydrogen) atoms. The molecule has 0 radical (unpaired) electrons. The van der Waals surface area contributed by atoms with Gasteiger partial charge >= 0.3 is 0 Å². The van der Waals surface area contributed by atoms with Crippen molar-refractivity contribution in [2.45, 2.75) is 6.92 Å². The number of rotatable bonds is 2. The number of Topliss-reactive ketones (excluding diaryl/α,β-unsaturated/α-hetero) is 1. The van der Waals surface area contributed by atoms with E-state index in [9.17, 15) is 4.79 Å². The van der Waals surface area contributed by atoms with Crippen LogP contribution >= 0.6 is 22.6 Å². The zero-order valence-corrected chi connectivity index (χ0v) is 13.2. The first-order valence-corrected chi connectivity index (χ1v) is 7.53. The van der Waals surface area contributed by atoms with Crippen LogP contribution in [0.1, 0.15) is 17.3 Å². The molecule has 0 unspecified atom stereocenters. The van der Waals surface area contributed by atoms with Crippen molar-refractivity contribution in [2.24, 2.45) is 0 Å². The molecular formula is C18H13IO. The van der Waals surface area contributed by atoms with Gasteiger partial charge in [-0.3, -0.25) is 4.79 Å². The Balaban J connectivity index is 2.19. The molecule has 0 atom stereocenters. The van der Waals surface area contributed by atoms with Gasteiger partial charge in [0, 0.05) is 9.13 Å². The second-order valence-electron chi connectivity index (χ2n) is 4.81. The van der Waals surface area contributed by atoms with Crippen LogP contribution in [0.3, 0.4) is 0 Å². The SMILES string of the molecule is CC(=O)c1ccc(I)c(-c2ccc3ccccc3c2)c1. The lowest BCUT2D eigenvalue weighted by Crippen LogP contribution is -1.94. The monoisotopic (exact) mass is 372 g/mol. The van der Waals surface area contributed by atoms with E-state index in [1.54, 1.807) is 6.92 Å². The van der Waals surface area contributed by atoms with Gasteiger partial charge in [0.15, 0.2) is 5.78 Å². The highest BCUT2D eigenvalue weighted by molar-refractivity contribution is 14.1. The minimum atomic E-state index is 0.100. The Morgan fingerprint density at radius 2 is 1.65 bits per heavy atom. The van der Waals surface area contributed by atoms with Crippen LogP contribution in [-0.2, 0) is 0 Å². The van der Waals surface area contributed by atoms with E-state index >= 15 is 0 Å².